The van der Waals surface area contributed by atoms with Crippen LogP contribution >= 0.6 is 11.8 Å². The summed E-state index contributed by atoms with van der Waals surface area (Å²) in [6.45, 7) is 1.83. The molecule has 2 unspecified atom stereocenters. The highest BCUT2D eigenvalue weighted by Crippen LogP contribution is 2.40. The lowest BCUT2D eigenvalue weighted by Gasteiger charge is -2.32. The van der Waals surface area contributed by atoms with E-state index in [0.717, 1.165) is 22.5 Å². The summed E-state index contributed by atoms with van der Waals surface area (Å²) in [4.78, 5) is 36.9. The van der Waals surface area contributed by atoms with E-state index in [-0.39, 0.29) is 11.8 Å². The molecule has 1 N–H and O–H groups in total. The lowest BCUT2D eigenvalue weighted by atomic mass is 10.0. The average molecular weight is 441 g/mol. The number of anilines is 1. The maximum atomic E-state index is 13.0. The number of amides is 2. The molecule has 0 aromatic heterocycles. The molecule has 0 bridgehead atoms. The molecule has 0 saturated heterocycles. The zero-order valence-electron chi connectivity index (χ0n) is 17.3. The standard InChI is InChI=1S/C25H20N4O2S/c1-16(23(30)26-18-12-6-3-7-13-18)32-25-27-20-15-9-8-14-19(20)22-28-24(31)21(29(22)25)17-10-4-2-5-11-17/h2-16,21H,1H3,(H,26,30). The van der Waals surface area contributed by atoms with Crippen LogP contribution in [0.5, 0.6) is 0 Å². The third-order valence-corrected chi connectivity index (χ3v) is 6.38. The van der Waals surface area contributed by atoms with Crippen LogP contribution in [-0.4, -0.2) is 33.0 Å². The van der Waals surface area contributed by atoms with Gasteiger partial charge in [0.05, 0.1) is 10.9 Å². The van der Waals surface area contributed by atoms with Gasteiger partial charge in [0.1, 0.15) is 11.9 Å². The van der Waals surface area contributed by atoms with Gasteiger partial charge in [0, 0.05) is 11.3 Å². The number of carbonyl (C=O) groups excluding carboxylic acids is 2. The number of rotatable bonds is 4. The molecule has 158 valence electrons. The van der Waals surface area contributed by atoms with Crippen molar-refractivity contribution in [3.63, 3.8) is 0 Å². The van der Waals surface area contributed by atoms with Crippen molar-refractivity contribution < 1.29 is 9.59 Å². The minimum atomic E-state index is -0.602. The van der Waals surface area contributed by atoms with E-state index in [9.17, 15) is 9.59 Å². The quantitative estimate of drug-likeness (QED) is 0.634. The molecule has 0 fully saturated rings. The second kappa shape index (κ2) is 8.43. The van der Waals surface area contributed by atoms with E-state index in [1.807, 2.05) is 96.8 Å². The van der Waals surface area contributed by atoms with Crippen LogP contribution in [0.15, 0.2) is 94.9 Å². The van der Waals surface area contributed by atoms with Crippen molar-refractivity contribution in [2.75, 3.05) is 5.32 Å². The highest BCUT2D eigenvalue weighted by Gasteiger charge is 2.43. The van der Waals surface area contributed by atoms with E-state index >= 15 is 0 Å². The number of amidine groups is 2. The Hall–Kier alpha value is -3.71. The number of fused-ring (bicyclic) bond motifs is 3. The minimum absolute atomic E-state index is 0.136. The topological polar surface area (TPSA) is 74.1 Å². The molecule has 2 aliphatic rings. The van der Waals surface area contributed by atoms with Gasteiger partial charge in [-0.1, -0.05) is 72.4 Å². The second-order valence-corrected chi connectivity index (χ2v) is 8.79. The van der Waals surface area contributed by atoms with Gasteiger partial charge in [0.25, 0.3) is 5.91 Å². The van der Waals surface area contributed by atoms with Crippen molar-refractivity contribution in [1.82, 2.24) is 4.90 Å². The Balaban J connectivity index is 1.48. The molecule has 0 radical (unpaired) electrons. The van der Waals surface area contributed by atoms with Crippen LogP contribution in [0, 0.1) is 0 Å². The molecule has 2 heterocycles. The molecule has 5 rings (SSSR count). The van der Waals surface area contributed by atoms with E-state index in [1.54, 1.807) is 0 Å². The SMILES string of the molecule is CC(SC1=Nc2ccccc2C2=NC(=O)C(c3ccccc3)N12)C(=O)Nc1ccccc1. The van der Waals surface area contributed by atoms with E-state index in [2.05, 4.69) is 10.3 Å². The Morgan fingerprint density at radius 3 is 2.34 bits per heavy atom. The number of thioether (sulfide) groups is 1. The summed E-state index contributed by atoms with van der Waals surface area (Å²) in [7, 11) is 0. The maximum absolute atomic E-state index is 13.0. The molecule has 7 heteroatoms. The van der Waals surface area contributed by atoms with Crippen molar-refractivity contribution in [1.29, 1.82) is 0 Å². The predicted octanol–water partition coefficient (Wildman–Crippen LogP) is 4.78. The summed E-state index contributed by atoms with van der Waals surface area (Å²) in [6.07, 6.45) is 0. The largest absolute Gasteiger partial charge is 0.325 e. The fourth-order valence-electron chi connectivity index (χ4n) is 3.75. The fraction of sp³-hybridized carbons (Fsp3) is 0.120. The average Bonchev–Trinajstić information content (AvgIpc) is 3.17. The molecule has 2 amide bonds. The van der Waals surface area contributed by atoms with Crippen molar-refractivity contribution >= 4 is 46.0 Å². The summed E-state index contributed by atoms with van der Waals surface area (Å²) in [5.74, 6) is 0.202. The van der Waals surface area contributed by atoms with Crippen LogP contribution < -0.4 is 5.32 Å². The summed E-state index contributed by atoms with van der Waals surface area (Å²) in [5, 5.41) is 3.08. The van der Waals surface area contributed by atoms with E-state index in [4.69, 9.17) is 4.99 Å². The van der Waals surface area contributed by atoms with Gasteiger partial charge in [-0.2, -0.15) is 4.99 Å². The highest BCUT2D eigenvalue weighted by atomic mass is 32.2. The van der Waals surface area contributed by atoms with Crippen LogP contribution in [0.4, 0.5) is 11.4 Å². The molecule has 2 aliphatic heterocycles. The fourth-order valence-corrected chi connectivity index (χ4v) is 4.69. The Bertz CT molecular complexity index is 1240. The Labute approximate surface area is 190 Å². The minimum Gasteiger partial charge on any atom is -0.325 e. The molecule has 32 heavy (non-hydrogen) atoms. The Morgan fingerprint density at radius 2 is 1.59 bits per heavy atom. The van der Waals surface area contributed by atoms with Gasteiger partial charge in [-0.05, 0) is 36.8 Å². The van der Waals surface area contributed by atoms with Crippen LogP contribution in [-0.2, 0) is 9.59 Å². The molecule has 3 aromatic carbocycles. The molecular formula is C25H20N4O2S. The number of nitrogens with zero attached hydrogens (tertiary/aromatic N) is 3. The maximum Gasteiger partial charge on any atom is 0.275 e. The molecule has 0 spiro atoms. The third-order valence-electron chi connectivity index (χ3n) is 5.31. The Morgan fingerprint density at radius 1 is 0.938 bits per heavy atom. The van der Waals surface area contributed by atoms with Crippen molar-refractivity contribution in [3.05, 3.63) is 96.1 Å². The summed E-state index contributed by atoms with van der Waals surface area (Å²) in [5.41, 5.74) is 3.12. The summed E-state index contributed by atoms with van der Waals surface area (Å²) < 4.78 is 0. The highest BCUT2D eigenvalue weighted by molar-refractivity contribution is 8.14. The number of nitrogens with one attached hydrogen (secondary N) is 1. The smallest absolute Gasteiger partial charge is 0.275 e. The molecule has 3 aromatic rings. The molecular weight excluding hydrogens is 420 g/mol. The van der Waals surface area contributed by atoms with E-state index in [0.29, 0.717) is 11.0 Å². The van der Waals surface area contributed by atoms with E-state index < -0.39 is 11.3 Å². The summed E-state index contributed by atoms with van der Waals surface area (Å²) in [6, 6.07) is 25.9. The molecule has 0 saturated carbocycles. The third kappa shape index (κ3) is 3.71. The first-order valence-electron chi connectivity index (χ1n) is 10.3. The predicted molar refractivity (Wildman–Crippen MR) is 128 cm³/mol. The van der Waals surface area contributed by atoms with Crippen molar-refractivity contribution in [3.8, 4) is 0 Å². The Kier molecular flexibility index (Phi) is 5.33. The van der Waals surface area contributed by atoms with E-state index in [1.165, 1.54) is 11.8 Å². The monoisotopic (exact) mass is 440 g/mol. The first-order chi connectivity index (χ1) is 15.6. The van der Waals surface area contributed by atoms with Gasteiger partial charge in [0.15, 0.2) is 5.17 Å². The first kappa shape index (κ1) is 20.2. The lowest BCUT2D eigenvalue weighted by Crippen LogP contribution is -2.40. The zero-order chi connectivity index (χ0) is 22.1. The van der Waals surface area contributed by atoms with Crippen LogP contribution in [0.3, 0.4) is 0 Å². The van der Waals surface area contributed by atoms with Gasteiger partial charge in [-0.15, -0.1) is 0 Å². The van der Waals surface area contributed by atoms with Gasteiger partial charge in [0.2, 0.25) is 5.91 Å². The van der Waals surface area contributed by atoms with Gasteiger partial charge < -0.3 is 5.32 Å². The van der Waals surface area contributed by atoms with Gasteiger partial charge in [-0.3, -0.25) is 14.5 Å². The number of hydrogen-bond donors (Lipinski definition) is 1. The number of para-hydroxylation sites is 2. The lowest BCUT2D eigenvalue weighted by molar-refractivity contribution is -0.119. The number of carbonyl (C=O) groups is 2. The molecule has 0 aliphatic carbocycles. The summed E-state index contributed by atoms with van der Waals surface area (Å²) >= 11 is 1.32. The molecule has 6 nitrogen and oxygen atoms in total. The number of hydrogen-bond acceptors (Lipinski definition) is 5. The van der Waals surface area contributed by atoms with Crippen LogP contribution in [0.25, 0.3) is 0 Å². The van der Waals surface area contributed by atoms with Crippen molar-refractivity contribution in [2.24, 2.45) is 9.98 Å². The van der Waals surface area contributed by atoms with Crippen molar-refractivity contribution in [2.45, 2.75) is 18.2 Å². The van der Waals surface area contributed by atoms with Gasteiger partial charge in [-0.25, -0.2) is 4.99 Å². The van der Waals surface area contributed by atoms with Crippen LogP contribution in [0.2, 0.25) is 0 Å². The number of benzene rings is 3. The normalized spacial score (nSPS) is 17.7. The van der Waals surface area contributed by atoms with Crippen LogP contribution in [0.1, 0.15) is 24.1 Å². The first-order valence-corrected chi connectivity index (χ1v) is 11.2. The zero-order valence-corrected chi connectivity index (χ0v) is 18.1. The number of aliphatic imine (C=N–C) groups is 2. The second-order valence-electron chi connectivity index (χ2n) is 7.48. The molecule has 2 atom stereocenters. The van der Waals surface area contributed by atoms with Gasteiger partial charge >= 0.3 is 0 Å².